The Balaban J connectivity index is 2.06. The standard InChI is InChI=1S/C13H13BrO4/c14-11-7-9(2-4-13(15)16)1-3-12(11)18-10-5-6-17-8-10/h1-4,7,10H,5-6,8H2,(H,15,16). The van der Waals surface area contributed by atoms with Crippen LogP contribution in [0.15, 0.2) is 28.7 Å². The number of hydrogen-bond donors (Lipinski definition) is 1. The molecule has 1 aliphatic heterocycles. The molecule has 18 heavy (non-hydrogen) atoms. The molecule has 0 aromatic heterocycles. The normalized spacial score (nSPS) is 19.3. The van der Waals surface area contributed by atoms with Gasteiger partial charge in [0.05, 0.1) is 17.7 Å². The van der Waals surface area contributed by atoms with Gasteiger partial charge in [-0.2, -0.15) is 0 Å². The Kier molecular flexibility index (Phi) is 4.38. The summed E-state index contributed by atoms with van der Waals surface area (Å²) in [6.45, 7) is 1.36. The van der Waals surface area contributed by atoms with Crippen molar-refractivity contribution in [3.05, 3.63) is 34.3 Å². The van der Waals surface area contributed by atoms with Crippen LogP contribution >= 0.6 is 15.9 Å². The maximum atomic E-state index is 10.4. The Morgan fingerprint density at radius 1 is 1.56 bits per heavy atom. The predicted octanol–water partition coefficient (Wildman–Crippen LogP) is 2.71. The summed E-state index contributed by atoms with van der Waals surface area (Å²) in [5, 5.41) is 8.55. The predicted molar refractivity (Wildman–Crippen MR) is 70.7 cm³/mol. The van der Waals surface area contributed by atoms with Gasteiger partial charge < -0.3 is 14.6 Å². The van der Waals surface area contributed by atoms with Crippen LogP contribution in [0.5, 0.6) is 5.75 Å². The fraction of sp³-hybridized carbons (Fsp3) is 0.308. The number of carboxylic acid groups (broad SMARTS) is 1. The molecule has 0 amide bonds. The van der Waals surface area contributed by atoms with Gasteiger partial charge in [-0.25, -0.2) is 4.79 Å². The Labute approximate surface area is 113 Å². The highest BCUT2D eigenvalue weighted by Crippen LogP contribution is 2.28. The molecule has 4 nitrogen and oxygen atoms in total. The summed E-state index contributed by atoms with van der Waals surface area (Å²) >= 11 is 3.41. The SMILES string of the molecule is O=C(O)C=Cc1ccc(OC2CCOC2)c(Br)c1. The van der Waals surface area contributed by atoms with E-state index < -0.39 is 5.97 Å². The lowest BCUT2D eigenvalue weighted by Gasteiger charge is -2.13. The van der Waals surface area contributed by atoms with Gasteiger partial charge in [-0.05, 0) is 39.7 Å². The molecule has 5 heteroatoms. The highest BCUT2D eigenvalue weighted by atomic mass is 79.9. The topological polar surface area (TPSA) is 55.8 Å². The molecule has 0 spiro atoms. The first-order chi connectivity index (χ1) is 8.65. The number of aliphatic carboxylic acids is 1. The van der Waals surface area contributed by atoms with E-state index in [1.54, 1.807) is 0 Å². The molecule has 1 aliphatic rings. The fourth-order valence-corrected chi connectivity index (χ4v) is 2.16. The summed E-state index contributed by atoms with van der Waals surface area (Å²) in [6.07, 6.45) is 3.64. The number of halogens is 1. The smallest absolute Gasteiger partial charge is 0.328 e. The summed E-state index contributed by atoms with van der Waals surface area (Å²) in [5.41, 5.74) is 0.805. The monoisotopic (exact) mass is 312 g/mol. The average Bonchev–Trinajstić information content (AvgIpc) is 2.82. The zero-order valence-corrected chi connectivity index (χ0v) is 11.2. The van der Waals surface area contributed by atoms with Crippen molar-refractivity contribution in [2.75, 3.05) is 13.2 Å². The second-order valence-corrected chi connectivity index (χ2v) is 4.82. The summed E-state index contributed by atoms with van der Waals surface area (Å²) in [4.78, 5) is 10.4. The average molecular weight is 313 g/mol. The maximum Gasteiger partial charge on any atom is 0.328 e. The summed E-state index contributed by atoms with van der Waals surface area (Å²) in [7, 11) is 0. The number of carboxylic acids is 1. The summed E-state index contributed by atoms with van der Waals surface area (Å²) in [6, 6.07) is 5.46. The van der Waals surface area contributed by atoms with Gasteiger partial charge in [0.15, 0.2) is 0 Å². The van der Waals surface area contributed by atoms with E-state index in [0.29, 0.717) is 6.61 Å². The molecule has 1 unspecified atom stereocenters. The Morgan fingerprint density at radius 3 is 3.00 bits per heavy atom. The number of benzene rings is 1. The Morgan fingerprint density at radius 2 is 2.39 bits per heavy atom. The van der Waals surface area contributed by atoms with Crippen LogP contribution in [-0.4, -0.2) is 30.4 Å². The Hall–Kier alpha value is -1.33. The van der Waals surface area contributed by atoms with Crippen molar-refractivity contribution in [2.24, 2.45) is 0 Å². The van der Waals surface area contributed by atoms with Gasteiger partial charge >= 0.3 is 5.97 Å². The van der Waals surface area contributed by atoms with Crippen LogP contribution in [0.4, 0.5) is 0 Å². The van der Waals surface area contributed by atoms with Crippen molar-refractivity contribution in [3.8, 4) is 5.75 Å². The number of ether oxygens (including phenoxy) is 2. The zero-order chi connectivity index (χ0) is 13.0. The highest BCUT2D eigenvalue weighted by Gasteiger charge is 2.18. The third kappa shape index (κ3) is 3.58. The number of carbonyl (C=O) groups is 1. The van der Waals surface area contributed by atoms with Crippen LogP contribution in [-0.2, 0) is 9.53 Å². The van der Waals surface area contributed by atoms with Crippen LogP contribution in [0.3, 0.4) is 0 Å². The summed E-state index contributed by atoms with van der Waals surface area (Å²) < 4.78 is 11.8. The van der Waals surface area contributed by atoms with Gasteiger partial charge in [0.2, 0.25) is 0 Å². The molecule has 96 valence electrons. The van der Waals surface area contributed by atoms with E-state index in [-0.39, 0.29) is 6.10 Å². The second kappa shape index (κ2) is 6.02. The molecule has 1 aromatic rings. The molecular weight excluding hydrogens is 300 g/mol. The molecule has 1 N–H and O–H groups in total. The minimum Gasteiger partial charge on any atom is -0.487 e. The second-order valence-electron chi connectivity index (χ2n) is 3.96. The largest absolute Gasteiger partial charge is 0.487 e. The van der Waals surface area contributed by atoms with Gasteiger partial charge in [-0.1, -0.05) is 6.07 Å². The Bertz CT molecular complexity index is 464. The van der Waals surface area contributed by atoms with Crippen LogP contribution in [0, 0.1) is 0 Å². The van der Waals surface area contributed by atoms with E-state index in [1.165, 1.54) is 6.08 Å². The number of rotatable bonds is 4. The van der Waals surface area contributed by atoms with E-state index in [4.69, 9.17) is 14.6 Å². The lowest BCUT2D eigenvalue weighted by atomic mass is 10.2. The molecule has 1 aromatic carbocycles. The minimum atomic E-state index is -0.963. The molecule has 1 atom stereocenters. The summed E-state index contributed by atoms with van der Waals surface area (Å²) in [5.74, 6) is -0.215. The van der Waals surface area contributed by atoms with E-state index in [1.807, 2.05) is 18.2 Å². The van der Waals surface area contributed by atoms with E-state index >= 15 is 0 Å². The van der Waals surface area contributed by atoms with Gasteiger partial charge in [0.1, 0.15) is 11.9 Å². The van der Waals surface area contributed by atoms with Gasteiger partial charge in [0, 0.05) is 12.5 Å². The van der Waals surface area contributed by atoms with Crippen LogP contribution in [0.1, 0.15) is 12.0 Å². The fourth-order valence-electron chi connectivity index (χ4n) is 1.67. The first-order valence-electron chi connectivity index (χ1n) is 5.60. The van der Waals surface area contributed by atoms with Crippen molar-refractivity contribution in [1.29, 1.82) is 0 Å². The van der Waals surface area contributed by atoms with Crippen molar-refractivity contribution < 1.29 is 19.4 Å². The number of hydrogen-bond acceptors (Lipinski definition) is 3. The van der Waals surface area contributed by atoms with Crippen molar-refractivity contribution in [2.45, 2.75) is 12.5 Å². The molecule has 1 saturated heterocycles. The third-order valence-corrected chi connectivity index (χ3v) is 3.18. The van der Waals surface area contributed by atoms with Crippen LogP contribution < -0.4 is 4.74 Å². The zero-order valence-electron chi connectivity index (χ0n) is 9.64. The highest BCUT2D eigenvalue weighted by molar-refractivity contribution is 9.10. The van der Waals surface area contributed by atoms with E-state index in [0.717, 1.165) is 34.9 Å². The first-order valence-corrected chi connectivity index (χ1v) is 6.39. The quantitative estimate of drug-likeness (QED) is 0.869. The van der Waals surface area contributed by atoms with Crippen LogP contribution in [0.2, 0.25) is 0 Å². The molecule has 0 saturated carbocycles. The molecule has 0 bridgehead atoms. The van der Waals surface area contributed by atoms with Crippen molar-refractivity contribution in [3.63, 3.8) is 0 Å². The van der Waals surface area contributed by atoms with Crippen LogP contribution in [0.25, 0.3) is 6.08 Å². The molecule has 1 heterocycles. The first kappa shape index (κ1) is 13.1. The maximum absolute atomic E-state index is 10.4. The molecule has 1 fully saturated rings. The molecule has 0 aliphatic carbocycles. The molecule has 2 rings (SSSR count). The van der Waals surface area contributed by atoms with Crippen molar-refractivity contribution >= 4 is 28.0 Å². The van der Waals surface area contributed by atoms with Crippen molar-refractivity contribution in [1.82, 2.24) is 0 Å². The van der Waals surface area contributed by atoms with E-state index in [2.05, 4.69) is 15.9 Å². The van der Waals surface area contributed by atoms with Gasteiger partial charge in [0.25, 0.3) is 0 Å². The molecule has 0 radical (unpaired) electrons. The van der Waals surface area contributed by atoms with Gasteiger partial charge in [-0.15, -0.1) is 0 Å². The van der Waals surface area contributed by atoms with E-state index in [9.17, 15) is 4.79 Å². The lowest BCUT2D eigenvalue weighted by molar-refractivity contribution is -0.131. The lowest BCUT2D eigenvalue weighted by Crippen LogP contribution is -2.15. The van der Waals surface area contributed by atoms with Gasteiger partial charge in [-0.3, -0.25) is 0 Å². The molecular formula is C13H13BrO4. The minimum absolute atomic E-state index is 0.0988. The third-order valence-electron chi connectivity index (χ3n) is 2.56.